The van der Waals surface area contributed by atoms with Crippen LogP contribution in [0.15, 0.2) is 24.3 Å². The highest BCUT2D eigenvalue weighted by atomic mass is 19.1. The third-order valence-electron chi connectivity index (χ3n) is 2.90. The highest BCUT2D eigenvalue weighted by Gasteiger charge is 2.19. The number of nitrogens with one attached hydrogen (secondary N) is 1. The summed E-state index contributed by atoms with van der Waals surface area (Å²) in [5, 5.41) is 3.21. The lowest BCUT2D eigenvalue weighted by Gasteiger charge is -2.28. The smallest absolute Gasteiger partial charge is 0.253 e. The summed E-state index contributed by atoms with van der Waals surface area (Å²) >= 11 is 0. The molecular formula is C13H17FN2O2. The normalized spacial score (nSPS) is 19.6. The fourth-order valence-electron chi connectivity index (χ4n) is 1.97. The maximum Gasteiger partial charge on any atom is 0.253 e. The lowest BCUT2D eigenvalue weighted by molar-refractivity contribution is 0.0104. The number of morpholine rings is 1. The number of amides is 1. The van der Waals surface area contributed by atoms with Gasteiger partial charge in [0.05, 0.1) is 12.7 Å². The SMILES string of the molecule is CN(CC1CNCCO1)C(=O)c1cccc(F)c1. The number of hydrogen-bond acceptors (Lipinski definition) is 3. The Kier molecular flexibility index (Phi) is 4.28. The van der Waals surface area contributed by atoms with E-state index in [4.69, 9.17) is 4.74 Å². The van der Waals surface area contributed by atoms with Gasteiger partial charge in [0.1, 0.15) is 5.82 Å². The molecule has 18 heavy (non-hydrogen) atoms. The number of likely N-dealkylation sites (N-methyl/N-ethyl adjacent to an activating group) is 1. The molecule has 0 radical (unpaired) electrons. The average molecular weight is 252 g/mol. The van der Waals surface area contributed by atoms with Crippen molar-refractivity contribution < 1.29 is 13.9 Å². The molecule has 1 unspecified atom stereocenters. The van der Waals surface area contributed by atoms with Crippen LogP contribution in [-0.4, -0.2) is 50.2 Å². The van der Waals surface area contributed by atoms with Crippen LogP contribution < -0.4 is 5.32 Å². The first-order valence-electron chi connectivity index (χ1n) is 6.00. The summed E-state index contributed by atoms with van der Waals surface area (Å²) in [6.45, 7) is 2.74. The zero-order valence-corrected chi connectivity index (χ0v) is 10.4. The first-order chi connectivity index (χ1) is 8.66. The van der Waals surface area contributed by atoms with Crippen molar-refractivity contribution >= 4 is 5.91 Å². The number of ether oxygens (including phenoxy) is 1. The molecular weight excluding hydrogens is 235 g/mol. The quantitative estimate of drug-likeness (QED) is 0.868. The Balaban J connectivity index is 1.95. The van der Waals surface area contributed by atoms with E-state index >= 15 is 0 Å². The zero-order chi connectivity index (χ0) is 13.0. The second-order valence-electron chi connectivity index (χ2n) is 4.39. The van der Waals surface area contributed by atoms with E-state index in [0.29, 0.717) is 18.7 Å². The van der Waals surface area contributed by atoms with Crippen LogP contribution in [-0.2, 0) is 4.74 Å². The van der Waals surface area contributed by atoms with Crippen molar-refractivity contribution in [2.24, 2.45) is 0 Å². The lowest BCUT2D eigenvalue weighted by atomic mass is 10.2. The number of rotatable bonds is 3. The predicted molar refractivity (Wildman–Crippen MR) is 66.0 cm³/mol. The van der Waals surface area contributed by atoms with Crippen molar-refractivity contribution in [3.63, 3.8) is 0 Å². The molecule has 1 N–H and O–H groups in total. The maximum atomic E-state index is 13.0. The van der Waals surface area contributed by atoms with Crippen LogP contribution in [0.3, 0.4) is 0 Å². The third kappa shape index (κ3) is 3.27. The molecule has 0 bridgehead atoms. The minimum atomic E-state index is -0.398. The molecule has 1 amide bonds. The lowest BCUT2D eigenvalue weighted by Crippen LogP contribution is -2.45. The fraction of sp³-hybridized carbons (Fsp3) is 0.462. The Labute approximate surface area is 106 Å². The van der Waals surface area contributed by atoms with Crippen LogP contribution in [0.5, 0.6) is 0 Å². The van der Waals surface area contributed by atoms with Crippen LogP contribution in [0.2, 0.25) is 0 Å². The number of carbonyl (C=O) groups is 1. The molecule has 5 heteroatoms. The minimum absolute atomic E-state index is 0.00117. The molecule has 1 heterocycles. The van der Waals surface area contributed by atoms with Crippen LogP contribution in [0.1, 0.15) is 10.4 Å². The van der Waals surface area contributed by atoms with Crippen molar-refractivity contribution in [2.75, 3.05) is 33.3 Å². The Morgan fingerprint density at radius 1 is 1.61 bits per heavy atom. The summed E-state index contributed by atoms with van der Waals surface area (Å²) in [6.07, 6.45) is 0.00117. The van der Waals surface area contributed by atoms with Crippen LogP contribution >= 0.6 is 0 Å². The van der Waals surface area contributed by atoms with Gasteiger partial charge in [-0.3, -0.25) is 4.79 Å². The van der Waals surface area contributed by atoms with Gasteiger partial charge in [0.15, 0.2) is 0 Å². The summed E-state index contributed by atoms with van der Waals surface area (Å²) in [7, 11) is 1.70. The topological polar surface area (TPSA) is 41.6 Å². The minimum Gasteiger partial charge on any atom is -0.374 e. The van der Waals surface area contributed by atoms with Gasteiger partial charge in [0, 0.05) is 32.2 Å². The van der Waals surface area contributed by atoms with Gasteiger partial charge in [-0.1, -0.05) is 6.07 Å². The number of halogens is 1. The molecule has 1 aromatic rings. The van der Waals surface area contributed by atoms with E-state index in [1.807, 2.05) is 0 Å². The van der Waals surface area contributed by atoms with E-state index in [-0.39, 0.29) is 12.0 Å². The molecule has 0 aliphatic carbocycles. The first-order valence-corrected chi connectivity index (χ1v) is 6.00. The molecule has 4 nitrogen and oxygen atoms in total. The van der Waals surface area contributed by atoms with Gasteiger partial charge < -0.3 is 15.0 Å². The van der Waals surface area contributed by atoms with Crippen molar-refractivity contribution in [3.8, 4) is 0 Å². The monoisotopic (exact) mass is 252 g/mol. The van der Waals surface area contributed by atoms with Crippen molar-refractivity contribution in [3.05, 3.63) is 35.6 Å². The van der Waals surface area contributed by atoms with Crippen LogP contribution in [0, 0.1) is 5.82 Å². The molecule has 0 spiro atoms. The van der Waals surface area contributed by atoms with Gasteiger partial charge in [-0.25, -0.2) is 4.39 Å². The molecule has 1 aromatic carbocycles. The van der Waals surface area contributed by atoms with E-state index in [1.165, 1.54) is 18.2 Å². The first kappa shape index (κ1) is 13.0. The summed E-state index contributed by atoms with van der Waals surface area (Å²) in [5.74, 6) is -0.589. The zero-order valence-electron chi connectivity index (χ0n) is 10.4. The second-order valence-corrected chi connectivity index (χ2v) is 4.39. The van der Waals surface area contributed by atoms with E-state index in [1.54, 1.807) is 18.0 Å². The van der Waals surface area contributed by atoms with Gasteiger partial charge in [-0.15, -0.1) is 0 Å². The Bertz CT molecular complexity index is 419. The van der Waals surface area contributed by atoms with E-state index in [2.05, 4.69) is 5.32 Å². The molecule has 1 atom stereocenters. The van der Waals surface area contributed by atoms with E-state index in [0.717, 1.165) is 13.1 Å². The third-order valence-corrected chi connectivity index (χ3v) is 2.90. The highest BCUT2D eigenvalue weighted by Crippen LogP contribution is 2.08. The summed E-state index contributed by atoms with van der Waals surface area (Å²) in [6, 6.07) is 5.72. The van der Waals surface area contributed by atoms with Gasteiger partial charge >= 0.3 is 0 Å². The molecule has 1 aliphatic rings. The van der Waals surface area contributed by atoms with Gasteiger partial charge in [0.2, 0.25) is 0 Å². The molecule has 1 fully saturated rings. The molecule has 98 valence electrons. The Morgan fingerprint density at radius 2 is 2.44 bits per heavy atom. The van der Waals surface area contributed by atoms with E-state index in [9.17, 15) is 9.18 Å². The van der Waals surface area contributed by atoms with Gasteiger partial charge in [-0.2, -0.15) is 0 Å². The maximum absolute atomic E-state index is 13.0. The number of hydrogen-bond donors (Lipinski definition) is 1. The number of benzene rings is 1. The highest BCUT2D eigenvalue weighted by molar-refractivity contribution is 5.94. The van der Waals surface area contributed by atoms with Crippen LogP contribution in [0.25, 0.3) is 0 Å². The Hall–Kier alpha value is -1.46. The summed E-state index contributed by atoms with van der Waals surface area (Å²) in [5.41, 5.74) is 0.362. The van der Waals surface area contributed by atoms with Crippen LogP contribution in [0.4, 0.5) is 4.39 Å². The second kappa shape index (κ2) is 5.93. The molecule has 1 aliphatic heterocycles. The number of carbonyl (C=O) groups excluding carboxylic acids is 1. The van der Waals surface area contributed by atoms with Gasteiger partial charge in [-0.05, 0) is 18.2 Å². The van der Waals surface area contributed by atoms with Crippen molar-refractivity contribution in [1.29, 1.82) is 0 Å². The Morgan fingerprint density at radius 3 is 3.11 bits per heavy atom. The number of nitrogens with zero attached hydrogens (tertiary/aromatic N) is 1. The average Bonchev–Trinajstić information content (AvgIpc) is 2.39. The fourth-order valence-corrected chi connectivity index (χ4v) is 1.97. The summed E-state index contributed by atoms with van der Waals surface area (Å²) in [4.78, 5) is 13.6. The molecule has 0 aromatic heterocycles. The standard InChI is InChI=1S/C13H17FN2O2/c1-16(9-12-8-15-5-6-18-12)13(17)10-3-2-4-11(14)7-10/h2-4,7,12,15H,5-6,8-9H2,1H3. The van der Waals surface area contributed by atoms with Crippen molar-refractivity contribution in [2.45, 2.75) is 6.10 Å². The van der Waals surface area contributed by atoms with Crippen molar-refractivity contribution in [1.82, 2.24) is 10.2 Å². The molecule has 1 saturated heterocycles. The van der Waals surface area contributed by atoms with E-state index < -0.39 is 5.82 Å². The molecule has 2 rings (SSSR count). The van der Waals surface area contributed by atoms with Gasteiger partial charge in [0.25, 0.3) is 5.91 Å². The largest absolute Gasteiger partial charge is 0.374 e. The molecule has 0 saturated carbocycles. The predicted octanol–water partition coefficient (Wildman–Crippen LogP) is 0.886. The summed E-state index contributed by atoms with van der Waals surface area (Å²) < 4.78 is 18.6.